The molecule has 4 nitrogen and oxygen atoms in total. The van der Waals surface area contributed by atoms with Crippen molar-refractivity contribution in [1.82, 2.24) is 0 Å². The summed E-state index contributed by atoms with van der Waals surface area (Å²) in [6.07, 6.45) is 0. The van der Waals surface area contributed by atoms with Gasteiger partial charge in [0.05, 0.1) is 12.4 Å². The van der Waals surface area contributed by atoms with Crippen molar-refractivity contribution in [2.45, 2.75) is 85.6 Å². The van der Waals surface area contributed by atoms with Crippen LogP contribution in [0.5, 0.6) is 0 Å². The minimum absolute atomic E-state index is 0.155. The predicted octanol–water partition coefficient (Wildman–Crippen LogP) is 7.70. The second kappa shape index (κ2) is 12.2. The summed E-state index contributed by atoms with van der Waals surface area (Å²) in [5.41, 5.74) is 8.50. The molecule has 0 fully saturated rings. The van der Waals surface area contributed by atoms with E-state index in [1.54, 1.807) is 0 Å². The van der Waals surface area contributed by atoms with Crippen molar-refractivity contribution in [3.63, 3.8) is 0 Å². The van der Waals surface area contributed by atoms with Gasteiger partial charge in [0.2, 0.25) is 0 Å². The monoisotopic (exact) mass is 523 g/mol. The van der Waals surface area contributed by atoms with E-state index in [9.17, 15) is 5.11 Å². The Morgan fingerprint density at radius 2 is 1.21 bits per heavy atom. The first-order valence-electron chi connectivity index (χ1n) is 14.5. The fourth-order valence-electron chi connectivity index (χ4n) is 5.69. The maximum atomic E-state index is 14.2. The first-order valence-corrected chi connectivity index (χ1v) is 14.5. The molecule has 0 bridgehead atoms. The highest BCUT2D eigenvalue weighted by Crippen LogP contribution is 2.40. The molecule has 0 N–H and O–H groups in total. The Morgan fingerprint density at radius 3 is 1.69 bits per heavy atom. The van der Waals surface area contributed by atoms with E-state index in [4.69, 9.17) is 0 Å². The molecule has 1 heterocycles. The number of nitrogens with zero attached hydrogens (tertiary/aromatic N) is 3. The van der Waals surface area contributed by atoms with E-state index in [-0.39, 0.29) is 5.90 Å². The van der Waals surface area contributed by atoms with Crippen LogP contribution in [0.4, 0.5) is 11.4 Å². The molecular weight excluding hydrogens is 478 g/mol. The molecule has 1 aliphatic heterocycles. The van der Waals surface area contributed by atoms with Crippen LogP contribution >= 0.6 is 0 Å². The number of aliphatic imine (C=N–C) groups is 1. The highest BCUT2D eigenvalue weighted by atomic mass is 16.3. The van der Waals surface area contributed by atoms with Gasteiger partial charge in [0.15, 0.2) is 0 Å². The van der Waals surface area contributed by atoms with Crippen LogP contribution in [0, 0.1) is 0 Å². The van der Waals surface area contributed by atoms with E-state index < -0.39 is 0 Å². The van der Waals surface area contributed by atoms with Gasteiger partial charge in [0, 0.05) is 22.3 Å². The summed E-state index contributed by atoms with van der Waals surface area (Å²) < 4.78 is 2.28. The zero-order valence-corrected chi connectivity index (χ0v) is 25.0. The second-order valence-corrected chi connectivity index (χ2v) is 11.9. The summed E-state index contributed by atoms with van der Waals surface area (Å²) in [4.78, 5) is 6.95. The summed E-state index contributed by atoms with van der Waals surface area (Å²) in [6.45, 7) is 19.8. The topological polar surface area (TPSA) is 41.7 Å². The lowest BCUT2D eigenvalue weighted by Crippen LogP contribution is -2.43. The smallest absolute Gasteiger partial charge is 0.293 e. The van der Waals surface area contributed by atoms with Crippen molar-refractivity contribution in [3.05, 3.63) is 94.5 Å². The van der Waals surface area contributed by atoms with Gasteiger partial charge in [0.1, 0.15) is 24.5 Å². The minimum Gasteiger partial charge on any atom is -0.853 e. The van der Waals surface area contributed by atoms with E-state index >= 15 is 0 Å². The van der Waals surface area contributed by atoms with Crippen LogP contribution < -0.4 is 10.0 Å². The van der Waals surface area contributed by atoms with Gasteiger partial charge < -0.3 is 5.11 Å². The highest BCUT2D eigenvalue weighted by molar-refractivity contribution is 6.40. The SMILES string of the molecule is CC(C)c1cccc(C(C)C)c1N1CC[N+](c2c(C(C)C)cccc2C(C)C)=C1C([O-])=NCc1ccccc1. The lowest BCUT2D eigenvalue weighted by molar-refractivity contribution is -0.430. The largest absolute Gasteiger partial charge is 0.853 e. The first kappa shape index (κ1) is 28.6. The molecule has 0 unspecified atom stereocenters. The molecule has 0 radical (unpaired) electrons. The van der Waals surface area contributed by atoms with Crippen LogP contribution in [0.15, 0.2) is 71.7 Å². The summed E-state index contributed by atoms with van der Waals surface area (Å²) in [5.74, 6) is 1.85. The molecule has 3 aromatic carbocycles. The predicted molar refractivity (Wildman–Crippen MR) is 164 cm³/mol. The Kier molecular flexibility index (Phi) is 8.94. The maximum Gasteiger partial charge on any atom is 0.293 e. The van der Waals surface area contributed by atoms with Gasteiger partial charge >= 0.3 is 0 Å². The molecular formula is C35H45N3O. The fourth-order valence-corrected chi connectivity index (χ4v) is 5.69. The zero-order chi connectivity index (χ0) is 28.3. The Hall–Kier alpha value is -3.40. The van der Waals surface area contributed by atoms with Crippen molar-refractivity contribution in [2.75, 3.05) is 18.0 Å². The number of hydrogen-bond donors (Lipinski definition) is 0. The lowest BCUT2D eigenvalue weighted by Gasteiger charge is -2.26. The first-order chi connectivity index (χ1) is 18.6. The van der Waals surface area contributed by atoms with E-state index in [1.807, 2.05) is 30.3 Å². The van der Waals surface area contributed by atoms with Gasteiger partial charge in [-0.2, -0.15) is 0 Å². The van der Waals surface area contributed by atoms with Crippen molar-refractivity contribution in [1.29, 1.82) is 0 Å². The number of hydrogen-bond acceptors (Lipinski definition) is 3. The van der Waals surface area contributed by atoms with Crippen molar-refractivity contribution in [2.24, 2.45) is 4.99 Å². The quantitative estimate of drug-likeness (QED) is 0.164. The summed E-state index contributed by atoms with van der Waals surface area (Å²) in [6, 6.07) is 23.3. The third kappa shape index (κ3) is 5.95. The van der Waals surface area contributed by atoms with Crippen molar-refractivity contribution >= 4 is 23.1 Å². The molecule has 0 atom stereocenters. The average Bonchev–Trinajstić information content (AvgIpc) is 3.35. The third-order valence-electron chi connectivity index (χ3n) is 7.72. The summed E-state index contributed by atoms with van der Waals surface area (Å²) >= 11 is 0. The molecule has 4 rings (SSSR count). The second-order valence-electron chi connectivity index (χ2n) is 11.9. The van der Waals surface area contributed by atoms with Crippen LogP contribution in [-0.4, -0.2) is 29.4 Å². The number of para-hydroxylation sites is 2. The van der Waals surface area contributed by atoms with E-state index in [1.165, 1.54) is 33.6 Å². The van der Waals surface area contributed by atoms with Gasteiger partial charge in [-0.05, 0) is 29.2 Å². The van der Waals surface area contributed by atoms with Crippen LogP contribution in [0.2, 0.25) is 0 Å². The van der Waals surface area contributed by atoms with Gasteiger partial charge in [-0.3, -0.25) is 4.99 Å². The molecule has 1 aliphatic rings. The van der Waals surface area contributed by atoms with Crippen LogP contribution in [0.3, 0.4) is 0 Å². The normalized spacial score (nSPS) is 14.6. The molecule has 0 spiro atoms. The summed E-state index contributed by atoms with van der Waals surface area (Å²) in [7, 11) is 0. The number of rotatable bonds is 9. The molecule has 0 aromatic heterocycles. The lowest BCUT2D eigenvalue weighted by atomic mass is 9.91. The van der Waals surface area contributed by atoms with Crippen LogP contribution in [0.25, 0.3) is 0 Å². The van der Waals surface area contributed by atoms with Crippen molar-refractivity contribution < 1.29 is 9.68 Å². The molecule has 0 saturated heterocycles. The molecule has 0 aliphatic carbocycles. The summed E-state index contributed by atoms with van der Waals surface area (Å²) in [5, 5.41) is 14.2. The Balaban J connectivity index is 2.01. The van der Waals surface area contributed by atoms with Gasteiger partial charge in [0.25, 0.3) is 5.84 Å². The van der Waals surface area contributed by atoms with E-state index in [0.29, 0.717) is 36.1 Å². The molecule has 4 heteroatoms. The van der Waals surface area contributed by atoms with Gasteiger partial charge in [-0.25, -0.2) is 9.48 Å². The average molecular weight is 524 g/mol. The van der Waals surface area contributed by atoms with Crippen LogP contribution in [-0.2, 0) is 6.54 Å². The van der Waals surface area contributed by atoms with Gasteiger partial charge in [-0.15, -0.1) is 0 Å². The Bertz CT molecular complexity index is 1300. The fraction of sp³-hybridized carbons (Fsp3) is 0.429. The molecule has 3 aromatic rings. The molecule has 39 heavy (non-hydrogen) atoms. The molecule has 0 saturated carbocycles. The standard InChI is InChI=1S/C35H45N3O/c1-23(2)28-16-12-17-29(24(3)4)32(28)37-20-21-38(33-30(25(5)6)18-13-19-31(33)26(7)8)35(37)34(39)36-22-27-14-10-9-11-15-27/h9-19,23-26H,20-22H2,1-8H3. The number of amidine groups is 1. The van der Waals surface area contributed by atoms with Crippen LogP contribution in [0.1, 0.15) is 107 Å². The maximum absolute atomic E-state index is 14.2. The minimum atomic E-state index is -0.155. The highest BCUT2D eigenvalue weighted by Gasteiger charge is 2.39. The third-order valence-corrected chi connectivity index (χ3v) is 7.72. The van der Waals surface area contributed by atoms with E-state index in [2.05, 4.69) is 106 Å². The van der Waals surface area contributed by atoms with Crippen molar-refractivity contribution in [3.8, 4) is 0 Å². The molecule has 206 valence electrons. The Morgan fingerprint density at radius 1 is 0.718 bits per heavy atom. The number of benzene rings is 3. The van der Waals surface area contributed by atoms with E-state index in [0.717, 1.165) is 18.7 Å². The zero-order valence-electron chi connectivity index (χ0n) is 25.0. The number of anilines is 1. The Labute approximate surface area is 235 Å². The van der Waals surface area contributed by atoms with Gasteiger partial charge in [-0.1, -0.05) is 122 Å². The molecule has 0 amide bonds.